The van der Waals surface area contributed by atoms with Gasteiger partial charge >= 0.3 is 0 Å². The van der Waals surface area contributed by atoms with E-state index in [0.717, 1.165) is 17.9 Å². The second-order valence-corrected chi connectivity index (χ2v) is 6.26. The number of amides is 1. The third-order valence-electron chi connectivity index (χ3n) is 4.78. The molecule has 21 heavy (non-hydrogen) atoms. The van der Waals surface area contributed by atoms with Crippen molar-refractivity contribution >= 4 is 5.91 Å². The van der Waals surface area contributed by atoms with Gasteiger partial charge in [0.25, 0.3) is 5.91 Å². The van der Waals surface area contributed by atoms with Gasteiger partial charge in [0.15, 0.2) is 0 Å². The van der Waals surface area contributed by atoms with Crippen molar-refractivity contribution in [3.05, 3.63) is 34.9 Å². The van der Waals surface area contributed by atoms with E-state index in [1.54, 1.807) is 0 Å². The van der Waals surface area contributed by atoms with E-state index in [4.69, 9.17) is 5.11 Å². The minimum Gasteiger partial charge on any atom is -0.384 e. The second kappa shape index (κ2) is 5.91. The molecular weight excluding hydrogens is 262 g/mol. The first-order valence-corrected chi connectivity index (χ1v) is 7.68. The summed E-state index contributed by atoms with van der Waals surface area (Å²) in [4.78, 5) is 12.5. The van der Waals surface area contributed by atoms with Crippen LogP contribution >= 0.6 is 0 Å². The second-order valence-electron chi connectivity index (χ2n) is 6.26. The Kier molecular flexibility index (Phi) is 3.98. The maximum absolute atomic E-state index is 12.5. The molecule has 2 fully saturated rings. The summed E-state index contributed by atoms with van der Waals surface area (Å²) in [6.07, 6.45) is 4.98. The van der Waals surface area contributed by atoms with Crippen LogP contribution in [-0.2, 0) is 0 Å². The van der Waals surface area contributed by atoms with Crippen LogP contribution in [0.1, 0.15) is 47.2 Å². The molecule has 2 bridgehead atoms. The van der Waals surface area contributed by atoms with E-state index in [9.17, 15) is 4.79 Å². The number of aliphatic hydroxyl groups is 1. The first-order valence-electron chi connectivity index (χ1n) is 7.68. The van der Waals surface area contributed by atoms with Gasteiger partial charge in [-0.2, -0.15) is 0 Å². The molecule has 0 saturated heterocycles. The summed E-state index contributed by atoms with van der Waals surface area (Å²) in [5, 5.41) is 12.0. The Morgan fingerprint density at radius 1 is 1.38 bits per heavy atom. The highest BCUT2D eigenvalue weighted by Gasteiger charge is 2.40. The van der Waals surface area contributed by atoms with E-state index in [0.29, 0.717) is 23.1 Å². The summed E-state index contributed by atoms with van der Waals surface area (Å²) in [7, 11) is 0. The maximum Gasteiger partial charge on any atom is 0.252 e. The number of fused-ring (bicyclic) bond motifs is 2. The van der Waals surface area contributed by atoms with Gasteiger partial charge in [0.2, 0.25) is 0 Å². The summed E-state index contributed by atoms with van der Waals surface area (Å²) in [6.45, 7) is 1.78. The molecule has 1 aromatic carbocycles. The number of nitrogens with one attached hydrogen (secondary N) is 1. The molecule has 1 amide bonds. The molecule has 2 aliphatic carbocycles. The largest absolute Gasteiger partial charge is 0.384 e. The van der Waals surface area contributed by atoms with E-state index in [1.165, 1.54) is 19.3 Å². The van der Waals surface area contributed by atoms with Crippen LogP contribution in [0.2, 0.25) is 0 Å². The van der Waals surface area contributed by atoms with E-state index in [-0.39, 0.29) is 12.5 Å². The molecule has 3 unspecified atom stereocenters. The van der Waals surface area contributed by atoms with Crippen molar-refractivity contribution in [2.45, 2.75) is 38.6 Å². The molecule has 2 N–H and O–H groups in total. The molecule has 0 heterocycles. The predicted molar refractivity (Wildman–Crippen MR) is 81.8 cm³/mol. The zero-order valence-corrected chi connectivity index (χ0v) is 12.4. The third kappa shape index (κ3) is 2.96. The monoisotopic (exact) mass is 283 g/mol. The molecule has 3 rings (SSSR count). The van der Waals surface area contributed by atoms with Gasteiger partial charge in [-0.25, -0.2) is 0 Å². The number of hydrogen-bond acceptors (Lipinski definition) is 2. The number of hydrogen-bond donors (Lipinski definition) is 2. The highest BCUT2D eigenvalue weighted by atomic mass is 16.2. The molecule has 1 aromatic rings. The lowest BCUT2D eigenvalue weighted by atomic mass is 9.94. The smallest absolute Gasteiger partial charge is 0.252 e. The van der Waals surface area contributed by atoms with Crippen LogP contribution in [0.4, 0.5) is 0 Å². The van der Waals surface area contributed by atoms with E-state index < -0.39 is 0 Å². The van der Waals surface area contributed by atoms with Crippen LogP contribution in [0.5, 0.6) is 0 Å². The van der Waals surface area contributed by atoms with Crippen molar-refractivity contribution in [2.75, 3.05) is 6.61 Å². The molecule has 3 nitrogen and oxygen atoms in total. The highest BCUT2D eigenvalue weighted by Crippen LogP contribution is 2.44. The molecule has 2 aliphatic rings. The van der Waals surface area contributed by atoms with Gasteiger partial charge in [-0.3, -0.25) is 4.79 Å². The Bertz CT molecular complexity index is 611. The molecule has 0 radical (unpaired) electrons. The van der Waals surface area contributed by atoms with Gasteiger partial charge in [0.1, 0.15) is 6.61 Å². The molecule has 0 aliphatic heterocycles. The Morgan fingerprint density at radius 2 is 2.24 bits per heavy atom. The Hall–Kier alpha value is -1.79. The van der Waals surface area contributed by atoms with Crippen LogP contribution in [0, 0.1) is 30.6 Å². The van der Waals surface area contributed by atoms with Crippen LogP contribution < -0.4 is 5.32 Å². The summed E-state index contributed by atoms with van der Waals surface area (Å²) in [5.41, 5.74) is 2.38. The van der Waals surface area contributed by atoms with Crippen LogP contribution in [0.3, 0.4) is 0 Å². The van der Waals surface area contributed by atoms with Crippen LogP contribution in [-0.4, -0.2) is 23.7 Å². The van der Waals surface area contributed by atoms with E-state index in [2.05, 4.69) is 17.2 Å². The van der Waals surface area contributed by atoms with Crippen LogP contribution in [0.25, 0.3) is 0 Å². The lowest BCUT2D eigenvalue weighted by Gasteiger charge is -2.23. The third-order valence-corrected chi connectivity index (χ3v) is 4.78. The number of aliphatic hydroxyl groups excluding tert-OH is 1. The lowest BCUT2D eigenvalue weighted by Crippen LogP contribution is -2.38. The van der Waals surface area contributed by atoms with E-state index >= 15 is 0 Å². The minimum atomic E-state index is -0.193. The fraction of sp³-hybridized carbons (Fsp3) is 0.500. The van der Waals surface area contributed by atoms with Gasteiger partial charge < -0.3 is 10.4 Å². The van der Waals surface area contributed by atoms with Crippen molar-refractivity contribution in [1.82, 2.24) is 5.32 Å². The number of carbonyl (C=O) groups excluding carboxylic acids is 1. The SMILES string of the molecule is Cc1ccc(C(=O)NC2CC3CCC2C3)c(C#CCO)c1. The normalized spacial score (nSPS) is 26.3. The molecule has 0 aromatic heterocycles. The Morgan fingerprint density at radius 3 is 2.90 bits per heavy atom. The van der Waals surface area contributed by atoms with Crippen molar-refractivity contribution < 1.29 is 9.90 Å². The van der Waals surface area contributed by atoms with Gasteiger partial charge in [-0.05, 0) is 55.7 Å². The molecule has 2 saturated carbocycles. The maximum atomic E-state index is 12.5. The Balaban J connectivity index is 1.78. The average molecular weight is 283 g/mol. The minimum absolute atomic E-state index is 0.0326. The average Bonchev–Trinajstić information content (AvgIpc) is 3.07. The molecule has 3 atom stereocenters. The molecule has 3 heteroatoms. The number of carbonyl (C=O) groups is 1. The van der Waals surface area contributed by atoms with Crippen molar-refractivity contribution in [2.24, 2.45) is 11.8 Å². The van der Waals surface area contributed by atoms with Crippen LogP contribution in [0.15, 0.2) is 18.2 Å². The highest BCUT2D eigenvalue weighted by molar-refractivity contribution is 5.97. The van der Waals surface area contributed by atoms with Crippen molar-refractivity contribution in [3.8, 4) is 11.8 Å². The zero-order valence-electron chi connectivity index (χ0n) is 12.4. The van der Waals surface area contributed by atoms with Crippen molar-refractivity contribution in [1.29, 1.82) is 0 Å². The predicted octanol–water partition coefficient (Wildman–Crippen LogP) is 2.26. The molecule has 110 valence electrons. The molecular formula is C18H21NO2. The number of rotatable bonds is 2. The first kappa shape index (κ1) is 14.2. The Labute approximate surface area is 125 Å². The summed E-state index contributed by atoms with van der Waals surface area (Å²) in [5.74, 6) is 6.96. The number of aryl methyl sites for hydroxylation is 1. The van der Waals surface area contributed by atoms with Gasteiger partial charge in [0, 0.05) is 11.6 Å². The fourth-order valence-electron chi connectivity index (χ4n) is 3.76. The van der Waals surface area contributed by atoms with Crippen molar-refractivity contribution in [3.63, 3.8) is 0 Å². The lowest BCUT2D eigenvalue weighted by molar-refractivity contribution is 0.0922. The first-order chi connectivity index (χ1) is 10.2. The zero-order chi connectivity index (χ0) is 14.8. The molecule has 0 spiro atoms. The summed E-state index contributed by atoms with van der Waals surface area (Å²) < 4.78 is 0. The fourth-order valence-corrected chi connectivity index (χ4v) is 3.76. The van der Waals surface area contributed by atoms with Gasteiger partial charge in [-0.15, -0.1) is 0 Å². The quantitative estimate of drug-likeness (QED) is 0.818. The number of benzene rings is 1. The summed E-state index contributed by atoms with van der Waals surface area (Å²) in [6, 6.07) is 5.99. The van der Waals surface area contributed by atoms with Gasteiger partial charge in [0.05, 0.1) is 5.56 Å². The standard InChI is InChI=1S/C18H21NO2/c1-12-4-7-16(14(9-12)3-2-8-20)18(21)19-17-11-13-5-6-15(17)10-13/h4,7,9,13,15,17,20H,5-6,8,10-11H2,1H3,(H,19,21). The summed E-state index contributed by atoms with van der Waals surface area (Å²) >= 11 is 0. The topological polar surface area (TPSA) is 49.3 Å². The van der Waals surface area contributed by atoms with E-state index in [1.807, 2.05) is 25.1 Å². The van der Waals surface area contributed by atoms with Gasteiger partial charge in [-0.1, -0.05) is 24.3 Å².